The van der Waals surface area contributed by atoms with Crippen LogP contribution in [0.25, 0.3) is 0 Å². The molecule has 0 saturated carbocycles. The first-order valence-electron chi connectivity index (χ1n) is 13.0. The molecule has 0 bridgehead atoms. The van der Waals surface area contributed by atoms with Crippen LogP contribution >= 0.6 is 11.6 Å². The lowest BCUT2D eigenvalue weighted by Gasteiger charge is -2.29. The van der Waals surface area contributed by atoms with Crippen LogP contribution in [0.1, 0.15) is 60.8 Å². The van der Waals surface area contributed by atoms with E-state index in [2.05, 4.69) is 10.6 Å². The second-order valence-electron chi connectivity index (χ2n) is 10.6. The van der Waals surface area contributed by atoms with Crippen molar-refractivity contribution in [2.75, 3.05) is 7.11 Å². The second-order valence-corrected chi connectivity index (χ2v) is 11.2. The van der Waals surface area contributed by atoms with Crippen molar-refractivity contribution in [3.05, 3.63) is 71.2 Å². The fourth-order valence-corrected chi connectivity index (χ4v) is 3.77. The van der Waals surface area contributed by atoms with Gasteiger partial charge in [0.1, 0.15) is 12.1 Å². The normalized spacial score (nSPS) is 19.6. The van der Waals surface area contributed by atoms with E-state index in [-0.39, 0.29) is 23.7 Å². The van der Waals surface area contributed by atoms with E-state index < -0.39 is 29.4 Å². The van der Waals surface area contributed by atoms with E-state index in [4.69, 9.17) is 21.1 Å². The zero-order valence-corrected chi connectivity index (χ0v) is 24.7. The van der Waals surface area contributed by atoms with Crippen LogP contribution in [0.2, 0.25) is 0 Å². The maximum absolute atomic E-state index is 12.7. The Balaban J connectivity index is 2.64. The first-order chi connectivity index (χ1) is 18.2. The number of amides is 2. The fraction of sp³-hybridized carbons (Fsp3) is 0.500. The third kappa shape index (κ3) is 13.5. The van der Waals surface area contributed by atoms with Crippen molar-refractivity contribution in [3.8, 4) is 0 Å². The number of cyclic esters (lactones) is 1. The molecule has 1 heterocycles. The number of ether oxygens (including phenoxy) is 2. The molecule has 2 amide bonds. The van der Waals surface area contributed by atoms with Crippen molar-refractivity contribution in [1.29, 1.82) is 0 Å². The average Bonchev–Trinajstić information content (AvgIpc) is 2.85. The molecule has 39 heavy (non-hydrogen) atoms. The molecule has 0 aromatic heterocycles. The van der Waals surface area contributed by atoms with Crippen molar-refractivity contribution in [3.63, 3.8) is 0 Å². The maximum Gasteiger partial charge on any atom is 0.373 e. The Bertz CT molecular complexity index is 1030. The van der Waals surface area contributed by atoms with Gasteiger partial charge in [0, 0.05) is 23.4 Å². The lowest BCUT2D eigenvalue weighted by molar-refractivity contribution is -0.151. The summed E-state index contributed by atoms with van der Waals surface area (Å²) in [6, 6.07) is -0.775. The topological polar surface area (TPSA) is 114 Å². The molecule has 8 nitrogen and oxygen atoms in total. The van der Waals surface area contributed by atoms with Crippen LogP contribution in [0.15, 0.2) is 71.2 Å². The van der Waals surface area contributed by atoms with Crippen LogP contribution in [0.3, 0.4) is 0 Å². The maximum atomic E-state index is 12.7. The monoisotopic (exact) mass is 562 g/mol. The van der Waals surface area contributed by atoms with Gasteiger partial charge in [-0.1, -0.05) is 81.3 Å². The molecule has 0 saturated heterocycles. The van der Waals surface area contributed by atoms with Gasteiger partial charge < -0.3 is 25.2 Å². The molecule has 1 aliphatic rings. The van der Waals surface area contributed by atoms with Gasteiger partial charge in [0.25, 0.3) is 0 Å². The quantitative estimate of drug-likeness (QED) is 0.166. The molecule has 0 aromatic carbocycles. The third-order valence-corrected chi connectivity index (χ3v) is 6.04. The minimum atomic E-state index is -0.775. The van der Waals surface area contributed by atoms with E-state index in [0.717, 1.165) is 5.57 Å². The van der Waals surface area contributed by atoms with Gasteiger partial charge >= 0.3 is 5.97 Å². The van der Waals surface area contributed by atoms with Crippen LogP contribution in [0.5, 0.6) is 0 Å². The molecule has 4 atom stereocenters. The van der Waals surface area contributed by atoms with Gasteiger partial charge in [0.05, 0.1) is 13.2 Å². The zero-order chi connectivity index (χ0) is 29.6. The standard InChI is InChI=1S/C30H43ClN2O6/c1-20(19-21(2)24-16-17-25(38-7)29(37)39-24)11-8-9-13-26(35)33-27(30(4,5)6)28(36)32-18-10-12-23(34)15-14-22(3)31/h8-11,13-14,17-19,21,23-24,27,34H,12,15-16H2,1-7H3,(H,32,36)(H,33,35)/b11-8-,13-9-,18-10-,20-19+,22-14+/t21-,23-,24-,27+/m0/s1. The van der Waals surface area contributed by atoms with Gasteiger partial charge in [-0.2, -0.15) is 0 Å². The largest absolute Gasteiger partial charge is 0.490 e. The molecule has 0 aliphatic carbocycles. The summed E-state index contributed by atoms with van der Waals surface area (Å²) < 4.78 is 10.4. The molecule has 0 fully saturated rings. The van der Waals surface area contributed by atoms with Crippen LogP contribution in [-0.2, 0) is 23.9 Å². The summed E-state index contributed by atoms with van der Waals surface area (Å²) in [5.74, 6) is -0.991. The molecule has 216 valence electrons. The van der Waals surface area contributed by atoms with Crippen LogP contribution in [-0.4, -0.2) is 48.2 Å². The highest BCUT2D eigenvalue weighted by Gasteiger charge is 2.32. The minimum absolute atomic E-state index is 0.00409. The Kier molecular flexibility index (Phi) is 14.6. The molecule has 3 N–H and O–H groups in total. The highest BCUT2D eigenvalue weighted by molar-refractivity contribution is 6.29. The fourth-order valence-electron chi connectivity index (χ4n) is 3.68. The first kappa shape index (κ1) is 33.9. The summed E-state index contributed by atoms with van der Waals surface area (Å²) in [6.07, 6.45) is 15.6. The molecule has 0 radical (unpaired) electrons. The van der Waals surface area contributed by atoms with Gasteiger partial charge in [0.2, 0.25) is 11.8 Å². The van der Waals surface area contributed by atoms with Crippen molar-refractivity contribution >= 4 is 29.4 Å². The Morgan fingerprint density at radius 3 is 2.49 bits per heavy atom. The Hall–Kier alpha value is -3.10. The van der Waals surface area contributed by atoms with Gasteiger partial charge in [-0.15, -0.1) is 0 Å². The lowest BCUT2D eigenvalue weighted by Crippen LogP contribution is -2.52. The minimum Gasteiger partial charge on any atom is -0.490 e. The third-order valence-electron chi connectivity index (χ3n) is 5.88. The van der Waals surface area contributed by atoms with E-state index in [1.807, 2.05) is 46.8 Å². The summed E-state index contributed by atoms with van der Waals surface area (Å²) in [5, 5.41) is 16.0. The van der Waals surface area contributed by atoms with E-state index in [9.17, 15) is 19.5 Å². The van der Waals surface area contributed by atoms with Crippen LogP contribution < -0.4 is 10.6 Å². The van der Waals surface area contributed by atoms with Gasteiger partial charge in [-0.3, -0.25) is 9.59 Å². The van der Waals surface area contributed by atoms with E-state index in [1.165, 1.54) is 19.4 Å². The molecule has 0 aromatic rings. The van der Waals surface area contributed by atoms with Gasteiger partial charge in [-0.05, 0) is 44.4 Å². The van der Waals surface area contributed by atoms with Crippen molar-refractivity contribution < 1.29 is 29.0 Å². The summed E-state index contributed by atoms with van der Waals surface area (Å²) in [7, 11) is 1.44. The van der Waals surface area contributed by atoms with E-state index >= 15 is 0 Å². The number of hydrogen-bond acceptors (Lipinski definition) is 6. The molecular weight excluding hydrogens is 520 g/mol. The number of aliphatic hydroxyl groups is 1. The summed E-state index contributed by atoms with van der Waals surface area (Å²) in [5.41, 5.74) is 0.416. The Morgan fingerprint density at radius 2 is 1.90 bits per heavy atom. The Labute approximate surface area is 237 Å². The highest BCUT2D eigenvalue weighted by atomic mass is 35.5. The number of methoxy groups -OCH3 is 1. The van der Waals surface area contributed by atoms with Crippen molar-refractivity contribution in [2.45, 2.75) is 79.1 Å². The molecule has 1 aliphatic heterocycles. The number of allylic oxidation sites excluding steroid dienone is 5. The predicted molar refractivity (Wildman–Crippen MR) is 154 cm³/mol. The summed E-state index contributed by atoms with van der Waals surface area (Å²) in [6.45, 7) is 11.2. The Morgan fingerprint density at radius 1 is 1.23 bits per heavy atom. The van der Waals surface area contributed by atoms with E-state index in [1.54, 1.807) is 37.3 Å². The highest BCUT2D eigenvalue weighted by Crippen LogP contribution is 2.23. The number of hydrogen-bond donors (Lipinski definition) is 3. The first-order valence-corrected chi connectivity index (χ1v) is 13.4. The molecule has 9 heteroatoms. The number of carbonyl (C=O) groups excluding carboxylic acids is 3. The molecule has 1 rings (SSSR count). The lowest BCUT2D eigenvalue weighted by atomic mass is 9.86. The van der Waals surface area contributed by atoms with Crippen LogP contribution in [0, 0.1) is 11.3 Å². The summed E-state index contributed by atoms with van der Waals surface area (Å²) >= 11 is 5.77. The van der Waals surface area contributed by atoms with Crippen molar-refractivity contribution in [1.82, 2.24) is 10.6 Å². The molecule has 0 spiro atoms. The molecule has 0 unspecified atom stereocenters. The number of rotatable bonds is 13. The number of aliphatic hydroxyl groups excluding tert-OH is 1. The predicted octanol–water partition coefficient (Wildman–Crippen LogP) is 4.97. The molecular formula is C30H43ClN2O6. The van der Waals surface area contributed by atoms with Gasteiger partial charge in [-0.25, -0.2) is 4.79 Å². The average molecular weight is 563 g/mol. The number of esters is 1. The number of carbonyl (C=O) groups is 3. The van der Waals surface area contributed by atoms with Gasteiger partial charge in [0.15, 0.2) is 5.76 Å². The van der Waals surface area contributed by atoms with E-state index in [0.29, 0.717) is 24.3 Å². The number of nitrogens with one attached hydrogen (secondary N) is 2. The van der Waals surface area contributed by atoms with Crippen LogP contribution in [0.4, 0.5) is 0 Å². The number of halogens is 1. The summed E-state index contributed by atoms with van der Waals surface area (Å²) in [4.78, 5) is 37.1. The van der Waals surface area contributed by atoms with Crippen molar-refractivity contribution in [2.24, 2.45) is 11.3 Å². The zero-order valence-electron chi connectivity index (χ0n) is 24.0. The smallest absolute Gasteiger partial charge is 0.373 e. The second kappa shape index (κ2) is 16.8. The SMILES string of the molecule is COC1=CC[C@@H]([C@@H](C)/C=C(C)/C=C\C=C/C(=O)N[C@H](C(=O)N/C=C\C[C@H](O)C/C=C(\C)Cl)C(C)(C)C)OC1=O.